The summed E-state index contributed by atoms with van der Waals surface area (Å²) in [6, 6.07) is 11.8. The quantitative estimate of drug-likeness (QED) is 0.322. The highest BCUT2D eigenvalue weighted by atomic mass is 35.5. The first-order valence-corrected chi connectivity index (χ1v) is 10.5. The van der Waals surface area contributed by atoms with Crippen LogP contribution in [-0.4, -0.2) is 17.7 Å². The van der Waals surface area contributed by atoms with Crippen LogP contribution in [0.4, 0.5) is 4.79 Å². The summed E-state index contributed by atoms with van der Waals surface area (Å²) >= 11 is 6.35. The Labute approximate surface area is 190 Å². The van der Waals surface area contributed by atoms with E-state index in [0.717, 1.165) is 5.56 Å². The molecule has 1 N–H and O–H groups in total. The summed E-state index contributed by atoms with van der Waals surface area (Å²) in [6.45, 7) is 7.06. The van der Waals surface area contributed by atoms with Gasteiger partial charge >= 0.3 is 17.7 Å². The third-order valence-electron chi connectivity index (χ3n) is 4.50. The maximum absolute atomic E-state index is 13.0. The van der Waals surface area contributed by atoms with Crippen LogP contribution < -0.4 is 15.7 Å². The number of halogens is 1. The predicted molar refractivity (Wildman–Crippen MR) is 121 cm³/mol. The average molecular weight is 458 g/mol. The molecular weight excluding hydrogens is 434 g/mol. The van der Waals surface area contributed by atoms with Crippen LogP contribution in [0.15, 0.2) is 57.7 Å². The highest BCUT2D eigenvalue weighted by Gasteiger charge is 2.28. The zero-order valence-electron chi connectivity index (χ0n) is 18.2. The van der Waals surface area contributed by atoms with E-state index in [-0.39, 0.29) is 16.4 Å². The van der Waals surface area contributed by atoms with Crippen molar-refractivity contribution < 1.29 is 23.5 Å². The molecular formula is C24H24ClNO6. The van der Waals surface area contributed by atoms with Gasteiger partial charge in [-0.15, -0.1) is 0 Å². The van der Waals surface area contributed by atoms with Gasteiger partial charge in [0.1, 0.15) is 11.2 Å². The smallest absolute Gasteiger partial charge is 0.408 e. The number of amides is 1. The summed E-state index contributed by atoms with van der Waals surface area (Å²) in [5.74, 6) is -0.773. The molecule has 3 rings (SSSR count). The molecule has 2 aromatic carbocycles. The van der Waals surface area contributed by atoms with Gasteiger partial charge in [-0.1, -0.05) is 48.9 Å². The second-order valence-electron chi connectivity index (χ2n) is 8.13. The molecule has 0 unspecified atom stereocenters. The number of aryl methyl sites for hydroxylation is 1. The summed E-state index contributed by atoms with van der Waals surface area (Å²) in [5, 5.41) is 3.36. The highest BCUT2D eigenvalue weighted by Crippen LogP contribution is 2.32. The van der Waals surface area contributed by atoms with E-state index in [1.807, 2.05) is 6.92 Å². The zero-order chi connectivity index (χ0) is 23.5. The normalized spacial score (nSPS) is 12.3. The minimum absolute atomic E-state index is 0.00693. The van der Waals surface area contributed by atoms with Crippen molar-refractivity contribution in [3.8, 4) is 5.75 Å². The van der Waals surface area contributed by atoms with Crippen molar-refractivity contribution in [1.82, 2.24) is 5.32 Å². The first-order valence-electron chi connectivity index (χ1n) is 10.1. The lowest BCUT2D eigenvalue weighted by Gasteiger charge is -2.23. The van der Waals surface area contributed by atoms with Crippen molar-refractivity contribution in [2.75, 3.05) is 0 Å². The Morgan fingerprint density at radius 3 is 2.44 bits per heavy atom. The highest BCUT2D eigenvalue weighted by molar-refractivity contribution is 6.33. The van der Waals surface area contributed by atoms with Gasteiger partial charge in [0.05, 0.1) is 5.02 Å². The largest absolute Gasteiger partial charge is 0.444 e. The van der Waals surface area contributed by atoms with Gasteiger partial charge in [0.25, 0.3) is 0 Å². The Kier molecular flexibility index (Phi) is 6.89. The lowest BCUT2D eigenvalue weighted by atomic mass is 10.1. The van der Waals surface area contributed by atoms with Gasteiger partial charge < -0.3 is 19.2 Å². The summed E-state index contributed by atoms with van der Waals surface area (Å²) < 4.78 is 16.0. The second kappa shape index (κ2) is 9.44. The van der Waals surface area contributed by atoms with Gasteiger partial charge in [-0.25, -0.2) is 14.4 Å². The molecule has 7 nitrogen and oxygen atoms in total. The Balaban J connectivity index is 1.93. The van der Waals surface area contributed by atoms with Crippen molar-refractivity contribution in [3.63, 3.8) is 0 Å². The fraction of sp³-hybridized carbons (Fsp3) is 0.292. The van der Waals surface area contributed by atoms with E-state index in [1.54, 1.807) is 57.2 Å². The molecule has 1 amide bonds. The van der Waals surface area contributed by atoms with E-state index >= 15 is 0 Å². The fourth-order valence-corrected chi connectivity index (χ4v) is 3.32. The van der Waals surface area contributed by atoms with Crippen molar-refractivity contribution in [3.05, 3.63) is 75.1 Å². The summed E-state index contributed by atoms with van der Waals surface area (Å²) in [7, 11) is 0. The number of hydrogen-bond donors (Lipinski definition) is 1. The van der Waals surface area contributed by atoms with Crippen molar-refractivity contribution >= 4 is 34.6 Å². The van der Waals surface area contributed by atoms with E-state index in [1.165, 1.54) is 12.1 Å². The molecule has 1 heterocycles. The molecule has 0 aliphatic carbocycles. The number of alkyl carbamates (subject to hydrolysis) is 1. The number of fused-ring (bicyclic) bond motifs is 1. The van der Waals surface area contributed by atoms with Crippen LogP contribution in [0.1, 0.15) is 44.9 Å². The molecule has 0 spiro atoms. The third-order valence-corrected chi connectivity index (χ3v) is 4.80. The van der Waals surface area contributed by atoms with Crippen LogP contribution >= 0.6 is 11.6 Å². The van der Waals surface area contributed by atoms with Crippen molar-refractivity contribution in [2.24, 2.45) is 0 Å². The van der Waals surface area contributed by atoms with Crippen LogP contribution in [0, 0.1) is 0 Å². The van der Waals surface area contributed by atoms with E-state index < -0.39 is 29.3 Å². The van der Waals surface area contributed by atoms with Crippen LogP contribution in [-0.2, 0) is 16.0 Å². The number of hydrogen-bond acceptors (Lipinski definition) is 6. The minimum atomic E-state index is -1.15. The number of nitrogens with one attached hydrogen (secondary N) is 1. The third kappa shape index (κ3) is 5.68. The molecule has 0 saturated carbocycles. The molecule has 168 valence electrons. The molecule has 0 saturated heterocycles. The maximum Gasteiger partial charge on any atom is 0.408 e. The first kappa shape index (κ1) is 23.3. The molecule has 1 atom stereocenters. The number of carbonyl (C=O) groups is 2. The average Bonchev–Trinajstić information content (AvgIpc) is 2.71. The van der Waals surface area contributed by atoms with Gasteiger partial charge in [-0.05, 0) is 44.4 Å². The van der Waals surface area contributed by atoms with Gasteiger partial charge in [0.2, 0.25) is 0 Å². The van der Waals surface area contributed by atoms with Crippen molar-refractivity contribution in [1.29, 1.82) is 0 Å². The lowest BCUT2D eigenvalue weighted by Crippen LogP contribution is -2.39. The first-order chi connectivity index (χ1) is 15.1. The Morgan fingerprint density at radius 1 is 1.12 bits per heavy atom. The number of carbonyl (C=O) groups excluding carboxylic acids is 2. The maximum atomic E-state index is 13.0. The number of rotatable bonds is 5. The van der Waals surface area contributed by atoms with Crippen LogP contribution in [0.5, 0.6) is 5.75 Å². The minimum Gasteiger partial charge on any atom is -0.444 e. The van der Waals surface area contributed by atoms with Crippen molar-refractivity contribution in [2.45, 2.75) is 45.8 Å². The molecule has 0 fully saturated rings. The molecule has 8 heteroatoms. The monoisotopic (exact) mass is 457 g/mol. The van der Waals surface area contributed by atoms with Crippen LogP contribution in [0.3, 0.4) is 0 Å². The molecule has 1 aromatic heterocycles. The molecule has 0 bridgehead atoms. The van der Waals surface area contributed by atoms with E-state index in [4.69, 9.17) is 25.5 Å². The topological polar surface area (TPSA) is 94.8 Å². The number of ether oxygens (including phenoxy) is 2. The van der Waals surface area contributed by atoms with E-state index in [2.05, 4.69) is 5.32 Å². The summed E-state index contributed by atoms with van der Waals surface area (Å²) in [5.41, 5.74) is 0.260. The van der Waals surface area contributed by atoms with E-state index in [0.29, 0.717) is 17.4 Å². The second-order valence-corrected chi connectivity index (χ2v) is 8.54. The fourth-order valence-electron chi connectivity index (χ4n) is 3.12. The molecule has 3 aromatic rings. The molecule has 0 radical (unpaired) electrons. The van der Waals surface area contributed by atoms with E-state index in [9.17, 15) is 14.4 Å². The zero-order valence-corrected chi connectivity index (χ0v) is 19.0. The van der Waals surface area contributed by atoms with Gasteiger partial charge in [0.15, 0.2) is 11.8 Å². The molecule has 0 aliphatic rings. The lowest BCUT2D eigenvalue weighted by molar-refractivity contribution is -0.137. The van der Waals surface area contributed by atoms with Crippen LogP contribution in [0.2, 0.25) is 5.02 Å². The Bertz CT molecular complexity index is 1200. The number of esters is 1. The van der Waals surface area contributed by atoms with Gasteiger partial charge in [0, 0.05) is 17.5 Å². The van der Waals surface area contributed by atoms with Crippen LogP contribution in [0.25, 0.3) is 11.0 Å². The standard InChI is InChI=1S/C24H24ClNO6/c1-5-14-11-20(27)30-18-13-19(17(25)12-16(14)18)31-22(28)21(15-9-7-6-8-10-15)26-23(29)32-24(2,3)4/h6-13,21H,5H2,1-4H3,(H,26,29)/t21-/m1/s1. The van der Waals surface area contributed by atoms with Gasteiger partial charge in [-0.2, -0.15) is 0 Å². The Hall–Kier alpha value is -3.32. The van der Waals surface area contributed by atoms with Gasteiger partial charge in [-0.3, -0.25) is 0 Å². The predicted octanol–water partition coefficient (Wildman–Crippen LogP) is 5.18. The Morgan fingerprint density at radius 2 is 1.81 bits per heavy atom. The molecule has 32 heavy (non-hydrogen) atoms. The summed E-state index contributed by atoms with van der Waals surface area (Å²) in [4.78, 5) is 37.2. The summed E-state index contributed by atoms with van der Waals surface area (Å²) in [6.07, 6.45) is -0.167. The molecule has 0 aliphatic heterocycles. The number of benzene rings is 2. The SMILES string of the molecule is CCc1cc(=O)oc2cc(OC(=O)[C@H](NC(=O)OC(C)(C)C)c3ccccc3)c(Cl)cc12.